The van der Waals surface area contributed by atoms with Gasteiger partial charge in [0.15, 0.2) is 11.5 Å². The van der Waals surface area contributed by atoms with Gasteiger partial charge in [0.25, 0.3) is 0 Å². The highest BCUT2D eigenvalue weighted by atomic mass is 16.7. The van der Waals surface area contributed by atoms with E-state index in [9.17, 15) is 25.2 Å². The molecule has 0 radical (unpaired) electrons. The van der Waals surface area contributed by atoms with Crippen molar-refractivity contribution in [3.8, 4) is 17.2 Å². The summed E-state index contributed by atoms with van der Waals surface area (Å²) in [4.78, 5) is 11.5. The number of hydrogen-bond donors (Lipinski definition) is 4. The van der Waals surface area contributed by atoms with E-state index in [1.807, 2.05) is 0 Å². The molecule has 1 fully saturated rings. The molecule has 2 heterocycles. The van der Waals surface area contributed by atoms with Crippen LogP contribution >= 0.6 is 0 Å². The number of fused-ring (bicyclic) bond motifs is 1. The molecule has 0 amide bonds. The molecule has 148 valence electrons. The van der Waals surface area contributed by atoms with E-state index in [0.717, 1.165) is 0 Å². The van der Waals surface area contributed by atoms with E-state index in [-0.39, 0.29) is 22.8 Å². The average molecular weight is 384 g/mol. The second kappa shape index (κ2) is 7.71. The molecule has 0 unspecified atom stereocenters. The van der Waals surface area contributed by atoms with Gasteiger partial charge in [-0.25, -0.2) is 4.79 Å². The van der Waals surface area contributed by atoms with Gasteiger partial charge in [-0.3, -0.25) is 0 Å². The van der Waals surface area contributed by atoms with Crippen LogP contribution in [0.4, 0.5) is 0 Å². The minimum Gasteiger partial charge on any atom is -0.493 e. The molecule has 0 bridgehead atoms. The Balaban J connectivity index is 2.05. The van der Waals surface area contributed by atoms with Gasteiger partial charge in [0.05, 0.1) is 26.2 Å². The third-order valence-electron chi connectivity index (χ3n) is 4.31. The van der Waals surface area contributed by atoms with Crippen molar-refractivity contribution >= 4 is 11.0 Å². The quantitative estimate of drug-likeness (QED) is 0.473. The Labute approximate surface area is 153 Å². The zero-order valence-electron chi connectivity index (χ0n) is 14.6. The van der Waals surface area contributed by atoms with Gasteiger partial charge in [0.1, 0.15) is 30.0 Å². The first-order valence-electron chi connectivity index (χ1n) is 8.07. The number of ether oxygens (including phenoxy) is 4. The van der Waals surface area contributed by atoms with Gasteiger partial charge in [-0.15, -0.1) is 0 Å². The van der Waals surface area contributed by atoms with Gasteiger partial charge in [-0.1, -0.05) is 0 Å². The van der Waals surface area contributed by atoms with Crippen LogP contribution in [0.1, 0.15) is 0 Å². The normalized spacial score (nSPS) is 28.1. The van der Waals surface area contributed by atoms with Crippen LogP contribution in [0.5, 0.6) is 17.2 Å². The van der Waals surface area contributed by atoms with Gasteiger partial charge in [-0.05, 0) is 6.07 Å². The van der Waals surface area contributed by atoms with E-state index in [2.05, 4.69) is 0 Å². The largest absolute Gasteiger partial charge is 0.493 e. The number of aliphatic hydroxyl groups is 4. The molecule has 4 N–H and O–H groups in total. The van der Waals surface area contributed by atoms with Crippen molar-refractivity contribution in [2.75, 3.05) is 20.8 Å². The Hall–Kier alpha value is -2.37. The lowest BCUT2D eigenvalue weighted by atomic mass is 9.99. The Morgan fingerprint density at radius 1 is 1.04 bits per heavy atom. The number of benzene rings is 1. The molecular weight excluding hydrogens is 364 g/mol. The third-order valence-corrected chi connectivity index (χ3v) is 4.31. The minimum atomic E-state index is -1.61. The fourth-order valence-corrected chi connectivity index (χ4v) is 2.89. The minimum absolute atomic E-state index is 0.0191. The summed E-state index contributed by atoms with van der Waals surface area (Å²) in [6, 6.07) is 4.08. The van der Waals surface area contributed by atoms with Gasteiger partial charge >= 0.3 is 5.63 Å². The highest BCUT2D eigenvalue weighted by Crippen LogP contribution is 2.44. The maximum absolute atomic E-state index is 11.5. The van der Waals surface area contributed by atoms with Crippen LogP contribution in [0.25, 0.3) is 11.0 Å². The third kappa shape index (κ3) is 3.45. The fourth-order valence-electron chi connectivity index (χ4n) is 2.89. The molecule has 1 aromatic heterocycles. The van der Waals surface area contributed by atoms with Crippen molar-refractivity contribution in [1.82, 2.24) is 0 Å². The van der Waals surface area contributed by atoms with E-state index in [4.69, 9.17) is 23.4 Å². The molecule has 1 aliphatic rings. The van der Waals surface area contributed by atoms with Crippen LogP contribution < -0.4 is 19.8 Å². The van der Waals surface area contributed by atoms with Gasteiger partial charge in [-0.2, -0.15) is 0 Å². The summed E-state index contributed by atoms with van der Waals surface area (Å²) in [6.07, 6.45) is -7.29. The first-order valence-corrected chi connectivity index (χ1v) is 8.07. The number of aliphatic hydroxyl groups excluding tert-OH is 4. The molecular formula is C17H20O10. The van der Waals surface area contributed by atoms with E-state index in [0.29, 0.717) is 5.39 Å². The van der Waals surface area contributed by atoms with Gasteiger partial charge in [0, 0.05) is 12.1 Å². The monoisotopic (exact) mass is 384 g/mol. The fraction of sp³-hybridized carbons (Fsp3) is 0.471. The molecule has 1 aromatic carbocycles. The lowest BCUT2D eigenvalue weighted by molar-refractivity contribution is -0.277. The smallest absolute Gasteiger partial charge is 0.336 e. The van der Waals surface area contributed by atoms with Crippen LogP contribution in [-0.4, -0.2) is 72.0 Å². The van der Waals surface area contributed by atoms with E-state index >= 15 is 0 Å². The molecule has 0 spiro atoms. The number of methoxy groups -OCH3 is 2. The summed E-state index contributed by atoms with van der Waals surface area (Å²) < 4.78 is 26.7. The van der Waals surface area contributed by atoms with Crippen molar-refractivity contribution in [2.45, 2.75) is 30.7 Å². The van der Waals surface area contributed by atoms with Crippen molar-refractivity contribution in [3.05, 3.63) is 28.6 Å². The molecule has 5 atom stereocenters. The van der Waals surface area contributed by atoms with Crippen molar-refractivity contribution in [1.29, 1.82) is 0 Å². The molecule has 27 heavy (non-hydrogen) atoms. The van der Waals surface area contributed by atoms with E-state index < -0.39 is 42.9 Å². The zero-order chi connectivity index (χ0) is 19.7. The standard InChI is InChI=1S/C17H20O10/c1-23-9-5-8-7(3-4-11(19)25-8)15(24-2)16(9)27-17-14(22)13(21)12(20)10(6-18)26-17/h3-5,10,12-14,17-18,20-22H,6H2,1-2H3/t10-,12-,13+,14-,17+/m1/s1. The van der Waals surface area contributed by atoms with Crippen molar-refractivity contribution < 1.29 is 43.8 Å². The second-order valence-corrected chi connectivity index (χ2v) is 5.92. The molecule has 0 saturated carbocycles. The van der Waals surface area contributed by atoms with Gasteiger partial charge < -0.3 is 43.8 Å². The average Bonchev–Trinajstić information content (AvgIpc) is 2.67. The van der Waals surface area contributed by atoms with Gasteiger partial charge in [0.2, 0.25) is 12.0 Å². The summed E-state index contributed by atoms with van der Waals surface area (Å²) in [5, 5.41) is 39.7. The highest BCUT2D eigenvalue weighted by molar-refractivity contribution is 5.89. The zero-order valence-corrected chi connectivity index (χ0v) is 14.6. The number of rotatable bonds is 5. The molecule has 1 aliphatic heterocycles. The topological polar surface area (TPSA) is 148 Å². The molecule has 2 aromatic rings. The maximum atomic E-state index is 11.5. The van der Waals surface area contributed by atoms with Crippen LogP contribution in [0.15, 0.2) is 27.4 Å². The Morgan fingerprint density at radius 3 is 2.41 bits per heavy atom. The predicted molar refractivity (Wildman–Crippen MR) is 90.0 cm³/mol. The molecule has 10 heteroatoms. The van der Waals surface area contributed by atoms with E-state index in [1.54, 1.807) is 0 Å². The summed E-state index contributed by atoms with van der Waals surface area (Å²) in [5.41, 5.74) is -0.369. The van der Waals surface area contributed by atoms with Crippen LogP contribution in [-0.2, 0) is 4.74 Å². The first-order chi connectivity index (χ1) is 12.9. The SMILES string of the molecule is COc1cc2oc(=O)ccc2c(OC)c1O[C@@H]1O[C@H](CO)[C@@H](O)[C@H](O)[C@H]1O. The Kier molecular flexibility index (Phi) is 5.53. The summed E-state index contributed by atoms with van der Waals surface area (Å²) in [5.74, 6) is 0.279. The molecule has 0 aliphatic carbocycles. The lowest BCUT2D eigenvalue weighted by Gasteiger charge is -2.39. The molecule has 10 nitrogen and oxygen atoms in total. The molecule has 3 rings (SSSR count). The highest BCUT2D eigenvalue weighted by Gasteiger charge is 2.45. The van der Waals surface area contributed by atoms with Crippen LogP contribution in [0.2, 0.25) is 0 Å². The summed E-state index contributed by atoms with van der Waals surface area (Å²) in [6.45, 7) is -0.595. The maximum Gasteiger partial charge on any atom is 0.336 e. The summed E-state index contributed by atoms with van der Waals surface area (Å²) >= 11 is 0. The predicted octanol–water partition coefficient (Wildman–Crippen LogP) is -1.01. The van der Waals surface area contributed by atoms with Crippen molar-refractivity contribution in [3.63, 3.8) is 0 Å². The van der Waals surface area contributed by atoms with Crippen LogP contribution in [0.3, 0.4) is 0 Å². The van der Waals surface area contributed by atoms with Crippen molar-refractivity contribution in [2.24, 2.45) is 0 Å². The lowest BCUT2D eigenvalue weighted by Crippen LogP contribution is -2.60. The Bertz CT molecular complexity index is 861. The first kappa shape index (κ1) is 19.4. The Morgan fingerprint density at radius 2 is 1.78 bits per heavy atom. The van der Waals surface area contributed by atoms with E-state index in [1.165, 1.54) is 32.4 Å². The van der Waals surface area contributed by atoms with Crippen LogP contribution in [0, 0.1) is 0 Å². The summed E-state index contributed by atoms with van der Waals surface area (Å²) in [7, 11) is 2.71. The second-order valence-electron chi connectivity index (χ2n) is 5.92. The molecule has 1 saturated heterocycles. The number of hydrogen-bond acceptors (Lipinski definition) is 10.